The van der Waals surface area contributed by atoms with Crippen LogP contribution >= 0.6 is 0 Å². The quantitative estimate of drug-likeness (QED) is 0.168. The molecule has 0 saturated heterocycles. The maximum absolute atomic E-state index is 6.69. The van der Waals surface area contributed by atoms with Gasteiger partial charge in [-0.2, -0.15) is 0 Å². The van der Waals surface area contributed by atoms with Crippen LogP contribution in [-0.4, -0.2) is 4.57 Å². The van der Waals surface area contributed by atoms with Gasteiger partial charge in [0.2, 0.25) is 0 Å². The van der Waals surface area contributed by atoms with Crippen molar-refractivity contribution < 1.29 is 8.83 Å². The minimum absolute atomic E-state index is 0.847. The van der Waals surface area contributed by atoms with Crippen LogP contribution in [0.25, 0.3) is 104 Å². The van der Waals surface area contributed by atoms with Crippen molar-refractivity contribution >= 4 is 93.5 Å². The summed E-state index contributed by atoms with van der Waals surface area (Å²) in [5, 5.41) is 9.13. The Kier molecular flexibility index (Phi) is 7.57. The second kappa shape index (κ2) is 13.6. The standard InChI is InChI=1S/C58H36N2O2/c1-2-17-42-38(14-1)32-35-48-56-46(22-12-28-54(56)62-58(42)48)45-20-5-9-25-51(45)59(52-26-13-29-55-57(52)47-21-6-10-27-53(47)61-55)40-33-30-37(31-34-40)39-15-11-16-41(36-39)60-49-23-7-3-18-43(49)44-19-4-8-24-50(44)60/h1-36H. The van der Waals surface area contributed by atoms with E-state index in [1.54, 1.807) is 0 Å². The van der Waals surface area contributed by atoms with Crippen LogP contribution in [0.3, 0.4) is 0 Å². The molecule has 4 heteroatoms. The Labute approximate surface area is 356 Å². The van der Waals surface area contributed by atoms with E-state index in [4.69, 9.17) is 8.83 Å². The highest BCUT2D eigenvalue weighted by atomic mass is 16.3. The number of fused-ring (bicyclic) bond motifs is 11. The summed E-state index contributed by atoms with van der Waals surface area (Å²) in [5.41, 5.74) is 14.6. The molecule has 0 aliphatic carbocycles. The predicted molar refractivity (Wildman–Crippen MR) is 258 cm³/mol. The minimum Gasteiger partial charge on any atom is -0.456 e. The summed E-state index contributed by atoms with van der Waals surface area (Å²) >= 11 is 0. The molecule has 3 heterocycles. The van der Waals surface area contributed by atoms with Crippen molar-refractivity contribution in [2.24, 2.45) is 0 Å². The fourth-order valence-corrected chi connectivity index (χ4v) is 9.85. The fourth-order valence-electron chi connectivity index (χ4n) is 9.85. The highest BCUT2D eigenvalue weighted by Crippen LogP contribution is 2.48. The first kappa shape index (κ1) is 34.5. The summed E-state index contributed by atoms with van der Waals surface area (Å²) in [5.74, 6) is 0. The van der Waals surface area contributed by atoms with Crippen LogP contribution in [-0.2, 0) is 0 Å². The van der Waals surface area contributed by atoms with Crippen molar-refractivity contribution in [2.75, 3.05) is 4.90 Å². The Hall–Kier alpha value is -8.34. The van der Waals surface area contributed by atoms with Gasteiger partial charge in [0.15, 0.2) is 0 Å². The number of anilines is 3. The summed E-state index contributed by atoms with van der Waals surface area (Å²) in [7, 11) is 0. The van der Waals surface area contributed by atoms with Gasteiger partial charge in [0.25, 0.3) is 0 Å². The van der Waals surface area contributed by atoms with Crippen molar-refractivity contribution in [3.63, 3.8) is 0 Å². The molecule has 0 bridgehead atoms. The van der Waals surface area contributed by atoms with E-state index in [9.17, 15) is 0 Å². The Bertz CT molecular complexity index is 3830. The number of rotatable bonds is 6. The molecule has 4 nitrogen and oxygen atoms in total. The third-order valence-corrected chi connectivity index (χ3v) is 12.6. The second-order valence-corrected chi connectivity index (χ2v) is 16.0. The smallest absolute Gasteiger partial charge is 0.143 e. The van der Waals surface area contributed by atoms with E-state index >= 15 is 0 Å². The van der Waals surface area contributed by atoms with E-state index in [1.165, 1.54) is 21.8 Å². The van der Waals surface area contributed by atoms with E-state index in [0.29, 0.717) is 0 Å². The van der Waals surface area contributed by atoms with Crippen LogP contribution in [0.2, 0.25) is 0 Å². The van der Waals surface area contributed by atoms with Gasteiger partial charge >= 0.3 is 0 Å². The molecule has 0 spiro atoms. The van der Waals surface area contributed by atoms with Crippen LogP contribution in [0.5, 0.6) is 0 Å². The highest BCUT2D eigenvalue weighted by molar-refractivity contribution is 6.20. The normalized spacial score (nSPS) is 11.9. The van der Waals surface area contributed by atoms with Gasteiger partial charge in [0.05, 0.1) is 27.8 Å². The molecule has 0 saturated carbocycles. The molecule has 13 rings (SSSR count). The minimum atomic E-state index is 0.847. The van der Waals surface area contributed by atoms with E-state index in [2.05, 4.69) is 216 Å². The third-order valence-electron chi connectivity index (χ3n) is 12.6. The number of hydrogen-bond donors (Lipinski definition) is 0. The zero-order valence-corrected chi connectivity index (χ0v) is 33.5. The SMILES string of the molecule is c1cc(-c2ccc(N(c3ccccc3-c3cccc4oc5c6ccccc6ccc5c34)c3cccc4oc5ccccc5c34)cc2)cc(-n2c3ccccc3c3ccccc32)c1. The molecule has 0 amide bonds. The molecule has 0 aliphatic heterocycles. The van der Waals surface area contributed by atoms with Crippen LogP contribution in [0, 0.1) is 0 Å². The summed E-state index contributed by atoms with van der Waals surface area (Å²) in [6.07, 6.45) is 0. The highest BCUT2D eigenvalue weighted by Gasteiger charge is 2.24. The number of aromatic nitrogens is 1. The molecular formula is C58H36N2O2. The van der Waals surface area contributed by atoms with E-state index in [1.807, 2.05) is 12.1 Å². The monoisotopic (exact) mass is 792 g/mol. The van der Waals surface area contributed by atoms with E-state index < -0.39 is 0 Å². The molecular weight excluding hydrogens is 757 g/mol. The zero-order valence-electron chi connectivity index (χ0n) is 33.5. The zero-order chi connectivity index (χ0) is 40.7. The summed E-state index contributed by atoms with van der Waals surface area (Å²) in [4.78, 5) is 2.40. The second-order valence-electron chi connectivity index (χ2n) is 16.0. The summed E-state index contributed by atoms with van der Waals surface area (Å²) < 4.78 is 15.6. The molecule has 0 unspecified atom stereocenters. The topological polar surface area (TPSA) is 34.5 Å². The first-order chi connectivity index (χ1) is 30.8. The first-order valence-corrected chi connectivity index (χ1v) is 21.1. The maximum Gasteiger partial charge on any atom is 0.143 e. The number of furan rings is 2. The van der Waals surface area contributed by atoms with Crippen LogP contribution in [0.1, 0.15) is 0 Å². The average molecular weight is 793 g/mol. The van der Waals surface area contributed by atoms with Crippen molar-refractivity contribution in [3.05, 3.63) is 218 Å². The van der Waals surface area contributed by atoms with Gasteiger partial charge in [-0.3, -0.25) is 0 Å². The molecule has 0 radical (unpaired) electrons. The molecule has 3 aromatic heterocycles. The van der Waals surface area contributed by atoms with Crippen molar-refractivity contribution in [2.45, 2.75) is 0 Å². The Morgan fingerprint density at radius 3 is 1.79 bits per heavy atom. The number of para-hydroxylation sites is 4. The summed E-state index contributed by atoms with van der Waals surface area (Å²) in [6, 6.07) is 77.9. The van der Waals surface area contributed by atoms with Gasteiger partial charge in [-0.05, 0) is 94.9 Å². The van der Waals surface area contributed by atoms with Crippen LogP contribution in [0.4, 0.5) is 17.1 Å². The number of hydrogen-bond acceptors (Lipinski definition) is 3. The lowest BCUT2D eigenvalue weighted by Crippen LogP contribution is -2.11. The fraction of sp³-hybridized carbons (Fsp3) is 0. The molecule has 62 heavy (non-hydrogen) atoms. The molecule has 0 N–H and O–H groups in total. The van der Waals surface area contributed by atoms with Crippen molar-refractivity contribution in [3.8, 4) is 27.9 Å². The van der Waals surface area contributed by atoms with Gasteiger partial charge in [-0.1, -0.05) is 146 Å². The Morgan fingerprint density at radius 1 is 0.355 bits per heavy atom. The van der Waals surface area contributed by atoms with Crippen LogP contribution in [0.15, 0.2) is 227 Å². The van der Waals surface area contributed by atoms with Gasteiger partial charge in [-0.15, -0.1) is 0 Å². The molecule has 290 valence electrons. The molecule has 10 aromatic carbocycles. The predicted octanol–water partition coefficient (Wildman–Crippen LogP) is 16.5. The third kappa shape index (κ3) is 5.20. The molecule has 0 aliphatic rings. The largest absolute Gasteiger partial charge is 0.456 e. The first-order valence-electron chi connectivity index (χ1n) is 21.1. The average Bonchev–Trinajstić information content (AvgIpc) is 4.03. The summed E-state index contributed by atoms with van der Waals surface area (Å²) in [6.45, 7) is 0. The van der Waals surface area contributed by atoms with Gasteiger partial charge < -0.3 is 18.3 Å². The molecule has 13 aromatic rings. The number of benzene rings is 10. The molecule has 0 fully saturated rings. The van der Waals surface area contributed by atoms with E-state index in [-0.39, 0.29) is 0 Å². The lowest BCUT2D eigenvalue weighted by molar-refractivity contribution is 0.669. The van der Waals surface area contributed by atoms with Crippen LogP contribution < -0.4 is 4.90 Å². The Balaban J connectivity index is 1.000. The Morgan fingerprint density at radius 2 is 0.968 bits per heavy atom. The van der Waals surface area contributed by atoms with Crippen molar-refractivity contribution in [1.29, 1.82) is 0 Å². The van der Waals surface area contributed by atoms with Gasteiger partial charge in [0, 0.05) is 49.3 Å². The van der Waals surface area contributed by atoms with E-state index in [0.717, 1.165) is 99.7 Å². The van der Waals surface area contributed by atoms with Gasteiger partial charge in [0.1, 0.15) is 22.3 Å². The lowest BCUT2D eigenvalue weighted by Gasteiger charge is -2.29. The lowest BCUT2D eigenvalue weighted by atomic mass is 9.95. The molecule has 0 atom stereocenters. The maximum atomic E-state index is 6.69. The van der Waals surface area contributed by atoms with Gasteiger partial charge in [-0.25, -0.2) is 0 Å². The number of nitrogens with zero attached hydrogens (tertiary/aromatic N) is 2. The van der Waals surface area contributed by atoms with Crippen molar-refractivity contribution in [1.82, 2.24) is 4.57 Å².